The molecule has 6 nitrogen and oxygen atoms in total. The number of benzene rings is 2. The molecule has 0 saturated carbocycles. The van der Waals surface area contributed by atoms with Gasteiger partial charge in [0.2, 0.25) is 0 Å². The van der Waals surface area contributed by atoms with Gasteiger partial charge in [0.15, 0.2) is 5.78 Å². The summed E-state index contributed by atoms with van der Waals surface area (Å²) in [7, 11) is 0. The second kappa shape index (κ2) is 7.65. The van der Waals surface area contributed by atoms with Crippen LogP contribution in [0.25, 0.3) is 21.9 Å². The van der Waals surface area contributed by atoms with Crippen molar-refractivity contribution in [1.82, 2.24) is 19.9 Å². The number of carbonyl (C=O) groups excluding carboxylic acids is 1. The number of nitrogens with zero attached hydrogens (tertiary/aromatic N) is 2. The molecule has 148 valence electrons. The molecular formula is C23H17ClN4O2. The number of rotatable bonds is 6. The molecule has 0 saturated heterocycles. The van der Waals surface area contributed by atoms with Crippen molar-refractivity contribution in [3.8, 4) is 11.5 Å². The summed E-state index contributed by atoms with van der Waals surface area (Å²) < 4.78 is 5.81. The topological polar surface area (TPSA) is 83.7 Å². The average molecular weight is 417 g/mol. The zero-order chi connectivity index (χ0) is 20.5. The highest BCUT2D eigenvalue weighted by Gasteiger charge is 2.14. The lowest BCUT2D eigenvalue weighted by Crippen LogP contribution is -2.01. The van der Waals surface area contributed by atoms with Crippen LogP contribution in [-0.4, -0.2) is 25.7 Å². The molecule has 0 aliphatic rings. The standard InChI is InChI=1S/C23H17ClN4O2/c24-14-3-6-19-21(10-14)28-23(27-19)8-7-22(29)18-13-26-20-11-15(4-5-17(18)20)30-16-2-1-9-25-12-16/h1-6,9-13,26H,7-8H2,(H,27,28). The third-order valence-electron chi connectivity index (χ3n) is 4.91. The highest BCUT2D eigenvalue weighted by molar-refractivity contribution is 6.31. The molecule has 3 aromatic heterocycles. The highest BCUT2D eigenvalue weighted by atomic mass is 35.5. The first kappa shape index (κ1) is 18.4. The maximum Gasteiger partial charge on any atom is 0.165 e. The van der Waals surface area contributed by atoms with Crippen molar-refractivity contribution in [2.45, 2.75) is 12.8 Å². The number of Topliss-reactive ketones (excluding diaryl/α,β-unsaturated/α-hetero) is 1. The average Bonchev–Trinajstić information content (AvgIpc) is 3.36. The van der Waals surface area contributed by atoms with Crippen LogP contribution in [0.2, 0.25) is 5.02 Å². The molecular weight excluding hydrogens is 400 g/mol. The summed E-state index contributed by atoms with van der Waals surface area (Å²) in [5, 5.41) is 1.52. The van der Waals surface area contributed by atoms with Crippen LogP contribution in [0.3, 0.4) is 0 Å². The highest BCUT2D eigenvalue weighted by Crippen LogP contribution is 2.27. The van der Waals surface area contributed by atoms with E-state index < -0.39 is 0 Å². The maximum absolute atomic E-state index is 12.8. The summed E-state index contributed by atoms with van der Waals surface area (Å²) in [5.74, 6) is 2.16. The van der Waals surface area contributed by atoms with Gasteiger partial charge in [0.05, 0.1) is 17.2 Å². The van der Waals surface area contributed by atoms with Crippen LogP contribution in [0, 0.1) is 0 Å². The van der Waals surface area contributed by atoms with Crippen molar-refractivity contribution in [3.63, 3.8) is 0 Å². The van der Waals surface area contributed by atoms with Gasteiger partial charge in [0.1, 0.15) is 17.3 Å². The molecule has 5 rings (SSSR count). The zero-order valence-electron chi connectivity index (χ0n) is 15.9. The van der Waals surface area contributed by atoms with E-state index in [9.17, 15) is 4.79 Å². The molecule has 5 aromatic rings. The number of aryl methyl sites for hydroxylation is 1. The minimum absolute atomic E-state index is 0.0562. The van der Waals surface area contributed by atoms with Gasteiger partial charge in [-0.1, -0.05) is 11.6 Å². The quantitative estimate of drug-likeness (QED) is 0.348. The van der Waals surface area contributed by atoms with Gasteiger partial charge in [-0.3, -0.25) is 9.78 Å². The molecule has 2 aromatic carbocycles. The smallest absolute Gasteiger partial charge is 0.165 e. The van der Waals surface area contributed by atoms with Crippen molar-refractivity contribution in [2.75, 3.05) is 0 Å². The summed E-state index contributed by atoms with van der Waals surface area (Å²) in [6.45, 7) is 0. The number of ketones is 1. The van der Waals surface area contributed by atoms with Crippen LogP contribution in [0.1, 0.15) is 22.6 Å². The minimum atomic E-state index is 0.0562. The van der Waals surface area contributed by atoms with Crippen LogP contribution in [-0.2, 0) is 6.42 Å². The van der Waals surface area contributed by atoms with Gasteiger partial charge in [-0.05, 0) is 42.5 Å². The SMILES string of the molecule is O=C(CCc1nc2ccc(Cl)cc2[nH]1)c1c[nH]c2cc(Oc3cccnc3)ccc12. The number of pyridine rings is 1. The number of imidazole rings is 1. The Bertz CT molecular complexity index is 1360. The van der Waals surface area contributed by atoms with Gasteiger partial charge in [0.25, 0.3) is 0 Å². The zero-order valence-corrected chi connectivity index (χ0v) is 16.6. The summed E-state index contributed by atoms with van der Waals surface area (Å²) in [4.78, 5) is 27.8. The van der Waals surface area contributed by atoms with Crippen LogP contribution in [0.5, 0.6) is 11.5 Å². The number of aromatic nitrogens is 4. The maximum atomic E-state index is 12.8. The van der Waals surface area contributed by atoms with Gasteiger partial charge in [-0.2, -0.15) is 0 Å². The molecule has 2 N–H and O–H groups in total. The Morgan fingerprint density at radius 2 is 2.00 bits per heavy atom. The van der Waals surface area contributed by atoms with Crippen LogP contribution < -0.4 is 4.74 Å². The number of ether oxygens (including phenoxy) is 1. The molecule has 0 fully saturated rings. The second-order valence-corrected chi connectivity index (χ2v) is 7.41. The van der Waals surface area contributed by atoms with Crippen LogP contribution in [0.4, 0.5) is 0 Å². The lowest BCUT2D eigenvalue weighted by atomic mass is 10.1. The normalized spacial score (nSPS) is 11.2. The van der Waals surface area contributed by atoms with Crippen molar-refractivity contribution in [2.24, 2.45) is 0 Å². The lowest BCUT2D eigenvalue weighted by Gasteiger charge is -2.05. The summed E-state index contributed by atoms with van der Waals surface area (Å²) >= 11 is 6.02. The molecule has 7 heteroatoms. The number of hydrogen-bond donors (Lipinski definition) is 2. The molecule has 0 aliphatic heterocycles. The fraction of sp³-hybridized carbons (Fsp3) is 0.0870. The van der Waals surface area contributed by atoms with Gasteiger partial charge < -0.3 is 14.7 Å². The van der Waals surface area contributed by atoms with Gasteiger partial charge >= 0.3 is 0 Å². The fourth-order valence-corrected chi connectivity index (χ4v) is 3.63. The van der Waals surface area contributed by atoms with Crippen LogP contribution in [0.15, 0.2) is 67.1 Å². The number of fused-ring (bicyclic) bond motifs is 2. The molecule has 0 unspecified atom stereocenters. The van der Waals surface area contributed by atoms with E-state index in [2.05, 4.69) is 19.9 Å². The molecule has 0 amide bonds. The second-order valence-electron chi connectivity index (χ2n) is 6.97. The molecule has 3 heterocycles. The molecule has 0 radical (unpaired) electrons. The van der Waals surface area contributed by atoms with E-state index in [1.54, 1.807) is 24.7 Å². The van der Waals surface area contributed by atoms with E-state index >= 15 is 0 Å². The van der Waals surface area contributed by atoms with Gasteiger partial charge in [-0.25, -0.2) is 4.98 Å². The Kier molecular flexibility index (Phi) is 4.69. The van der Waals surface area contributed by atoms with Crippen molar-refractivity contribution < 1.29 is 9.53 Å². The summed E-state index contributed by atoms with van der Waals surface area (Å²) in [6.07, 6.45) is 5.98. The molecule has 0 spiro atoms. The molecule has 30 heavy (non-hydrogen) atoms. The number of nitrogens with one attached hydrogen (secondary N) is 2. The van der Waals surface area contributed by atoms with Gasteiger partial charge in [0, 0.05) is 52.8 Å². The van der Waals surface area contributed by atoms with E-state index in [1.165, 1.54) is 0 Å². The Balaban J connectivity index is 1.31. The van der Waals surface area contributed by atoms with Crippen LogP contribution >= 0.6 is 11.6 Å². The van der Waals surface area contributed by atoms with E-state index in [-0.39, 0.29) is 5.78 Å². The minimum Gasteiger partial charge on any atom is -0.456 e. The lowest BCUT2D eigenvalue weighted by molar-refractivity contribution is 0.0984. The summed E-state index contributed by atoms with van der Waals surface area (Å²) in [5.41, 5.74) is 3.23. The number of hydrogen-bond acceptors (Lipinski definition) is 4. The monoisotopic (exact) mass is 416 g/mol. The number of H-pyrrole nitrogens is 2. The summed E-state index contributed by atoms with van der Waals surface area (Å²) in [6, 6.07) is 14.8. The molecule has 0 atom stereocenters. The Hall–Kier alpha value is -3.64. The Labute approximate surface area is 176 Å². The third kappa shape index (κ3) is 3.65. The Morgan fingerprint density at radius 3 is 2.87 bits per heavy atom. The first-order valence-electron chi connectivity index (χ1n) is 9.52. The first-order valence-corrected chi connectivity index (χ1v) is 9.90. The predicted molar refractivity (Wildman–Crippen MR) is 116 cm³/mol. The van der Waals surface area contributed by atoms with Gasteiger partial charge in [-0.15, -0.1) is 0 Å². The van der Waals surface area contributed by atoms with E-state index in [1.807, 2.05) is 42.5 Å². The van der Waals surface area contributed by atoms with Crippen molar-refractivity contribution in [1.29, 1.82) is 0 Å². The Morgan fingerprint density at radius 1 is 1.07 bits per heavy atom. The number of carbonyl (C=O) groups is 1. The number of aromatic amines is 2. The molecule has 0 bridgehead atoms. The fourth-order valence-electron chi connectivity index (χ4n) is 3.46. The predicted octanol–water partition coefficient (Wildman–Crippen LogP) is 5.70. The third-order valence-corrected chi connectivity index (χ3v) is 5.14. The van der Waals surface area contributed by atoms with E-state index in [4.69, 9.17) is 16.3 Å². The van der Waals surface area contributed by atoms with E-state index in [0.717, 1.165) is 27.8 Å². The molecule has 0 aliphatic carbocycles. The van der Waals surface area contributed by atoms with E-state index in [0.29, 0.717) is 34.9 Å². The van der Waals surface area contributed by atoms with Crippen molar-refractivity contribution in [3.05, 3.63) is 83.5 Å². The first-order chi connectivity index (χ1) is 14.7. The van der Waals surface area contributed by atoms with Crippen molar-refractivity contribution >= 4 is 39.3 Å². The largest absolute Gasteiger partial charge is 0.456 e. The number of halogens is 1.